The Bertz CT molecular complexity index is 332. The molecule has 2 rings (SSSR count). The molecule has 2 aliphatic rings. The van der Waals surface area contributed by atoms with Crippen LogP contribution in [-0.2, 0) is 4.79 Å². The fourth-order valence-electron chi connectivity index (χ4n) is 3.95. The molecule has 0 aromatic carbocycles. The highest BCUT2D eigenvalue weighted by Crippen LogP contribution is 2.35. The summed E-state index contributed by atoms with van der Waals surface area (Å²) in [4.78, 5) is 14.4. The Morgan fingerprint density at radius 2 is 2.00 bits per heavy atom. The van der Waals surface area contributed by atoms with Gasteiger partial charge in [0.1, 0.15) is 5.54 Å². The van der Waals surface area contributed by atoms with E-state index in [1.54, 1.807) is 0 Å². The predicted octanol–water partition coefficient (Wildman–Crippen LogP) is 1.88. The van der Waals surface area contributed by atoms with E-state index < -0.39 is 5.54 Å². The molecule has 1 heterocycles. The van der Waals surface area contributed by atoms with E-state index >= 15 is 0 Å². The van der Waals surface area contributed by atoms with Gasteiger partial charge in [-0.25, -0.2) is 0 Å². The van der Waals surface area contributed by atoms with Crippen molar-refractivity contribution in [3.8, 4) is 0 Å². The molecule has 0 spiro atoms. The fourth-order valence-corrected chi connectivity index (χ4v) is 3.95. The molecule has 0 aromatic rings. The van der Waals surface area contributed by atoms with Gasteiger partial charge in [-0.05, 0) is 58.0 Å². The summed E-state index contributed by atoms with van der Waals surface area (Å²) in [5.74, 6) is 0.629. The Hall–Kier alpha value is -0.610. The average molecular weight is 281 g/mol. The van der Waals surface area contributed by atoms with E-state index in [-0.39, 0.29) is 5.91 Å². The molecule has 1 unspecified atom stereocenters. The van der Waals surface area contributed by atoms with Gasteiger partial charge in [0.25, 0.3) is 0 Å². The van der Waals surface area contributed by atoms with Gasteiger partial charge in [0.2, 0.25) is 5.91 Å². The fraction of sp³-hybridized carbons (Fsp3) is 0.938. The van der Waals surface area contributed by atoms with Gasteiger partial charge in [-0.3, -0.25) is 9.69 Å². The maximum absolute atomic E-state index is 11.9. The molecule has 3 N–H and O–H groups in total. The number of nitrogens with one attached hydrogen (secondary N) is 1. The number of amides is 1. The smallest absolute Gasteiger partial charge is 0.238 e. The number of nitrogens with two attached hydrogens (primary N) is 1. The van der Waals surface area contributed by atoms with Gasteiger partial charge in [-0.1, -0.05) is 19.8 Å². The minimum Gasteiger partial charge on any atom is -0.368 e. The Labute approximate surface area is 123 Å². The Balaban J connectivity index is 2.02. The van der Waals surface area contributed by atoms with Crippen LogP contribution in [0, 0.1) is 5.92 Å². The van der Waals surface area contributed by atoms with Crippen molar-refractivity contribution >= 4 is 5.91 Å². The topological polar surface area (TPSA) is 58.4 Å². The molecule has 1 aliphatic carbocycles. The average Bonchev–Trinajstić information content (AvgIpc) is 2.45. The van der Waals surface area contributed by atoms with E-state index in [0.29, 0.717) is 6.04 Å². The first-order valence-corrected chi connectivity index (χ1v) is 8.36. The number of primary amides is 1. The first-order valence-electron chi connectivity index (χ1n) is 8.36. The lowest BCUT2D eigenvalue weighted by Crippen LogP contribution is -2.62. The number of fused-ring (bicyclic) bond motifs is 1. The van der Waals surface area contributed by atoms with Gasteiger partial charge in [-0.2, -0.15) is 0 Å². The second-order valence-electron chi connectivity index (χ2n) is 6.85. The largest absolute Gasteiger partial charge is 0.368 e. The molecule has 0 radical (unpaired) electrons. The highest BCUT2D eigenvalue weighted by atomic mass is 16.1. The van der Waals surface area contributed by atoms with Crippen LogP contribution >= 0.6 is 0 Å². The second-order valence-corrected chi connectivity index (χ2v) is 6.85. The van der Waals surface area contributed by atoms with Crippen molar-refractivity contribution in [2.24, 2.45) is 11.7 Å². The van der Waals surface area contributed by atoms with Crippen molar-refractivity contribution in [3.05, 3.63) is 0 Å². The Kier molecular flexibility index (Phi) is 5.44. The van der Waals surface area contributed by atoms with Crippen LogP contribution in [-0.4, -0.2) is 42.0 Å². The molecular formula is C16H31N3O. The van der Waals surface area contributed by atoms with Gasteiger partial charge < -0.3 is 11.1 Å². The van der Waals surface area contributed by atoms with E-state index in [9.17, 15) is 4.79 Å². The molecule has 1 saturated carbocycles. The summed E-state index contributed by atoms with van der Waals surface area (Å²) >= 11 is 0. The summed E-state index contributed by atoms with van der Waals surface area (Å²) in [5.41, 5.74) is 5.08. The first kappa shape index (κ1) is 15.8. The number of carbonyl (C=O) groups is 1. The van der Waals surface area contributed by atoms with Crippen LogP contribution in [0.4, 0.5) is 0 Å². The molecule has 1 amide bonds. The zero-order chi connectivity index (χ0) is 14.6. The highest BCUT2D eigenvalue weighted by molar-refractivity contribution is 5.84. The van der Waals surface area contributed by atoms with Gasteiger partial charge in [0.15, 0.2) is 0 Å². The second kappa shape index (κ2) is 6.90. The summed E-state index contributed by atoms with van der Waals surface area (Å²) in [5, 5.41) is 3.37. The van der Waals surface area contributed by atoms with Gasteiger partial charge >= 0.3 is 0 Å². The zero-order valence-corrected chi connectivity index (χ0v) is 13.2. The van der Waals surface area contributed by atoms with Crippen LogP contribution in [0.2, 0.25) is 0 Å². The lowest BCUT2D eigenvalue weighted by Gasteiger charge is -2.47. The van der Waals surface area contributed by atoms with Crippen LogP contribution in [0.1, 0.15) is 58.8 Å². The molecule has 20 heavy (non-hydrogen) atoms. The summed E-state index contributed by atoms with van der Waals surface area (Å²) < 4.78 is 0. The minimum absolute atomic E-state index is 0.219. The van der Waals surface area contributed by atoms with Crippen LogP contribution in [0.25, 0.3) is 0 Å². The van der Waals surface area contributed by atoms with Crippen molar-refractivity contribution in [1.29, 1.82) is 0 Å². The van der Waals surface area contributed by atoms with Gasteiger partial charge in [-0.15, -0.1) is 0 Å². The number of hydrogen-bond donors (Lipinski definition) is 2. The van der Waals surface area contributed by atoms with E-state index in [4.69, 9.17) is 5.73 Å². The maximum Gasteiger partial charge on any atom is 0.238 e. The van der Waals surface area contributed by atoms with Crippen LogP contribution < -0.4 is 11.1 Å². The number of likely N-dealkylation sites (tertiary alicyclic amines) is 1. The molecule has 4 nitrogen and oxygen atoms in total. The minimum atomic E-state index is -0.588. The number of hydrogen-bond acceptors (Lipinski definition) is 3. The summed E-state index contributed by atoms with van der Waals surface area (Å²) in [6.45, 7) is 6.83. The Morgan fingerprint density at radius 3 is 2.70 bits per heavy atom. The third-order valence-corrected chi connectivity index (χ3v) is 5.19. The quantitative estimate of drug-likeness (QED) is 0.781. The van der Waals surface area contributed by atoms with Crippen molar-refractivity contribution in [1.82, 2.24) is 10.2 Å². The molecule has 116 valence electrons. The van der Waals surface area contributed by atoms with E-state index in [0.717, 1.165) is 32.0 Å². The molecule has 0 bridgehead atoms. The van der Waals surface area contributed by atoms with Crippen molar-refractivity contribution in [3.63, 3.8) is 0 Å². The summed E-state index contributed by atoms with van der Waals surface area (Å²) in [7, 11) is 0. The molecular weight excluding hydrogens is 250 g/mol. The number of rotatable bonds is 6. The van der Waals surface area contributed by atoms with Crippen LogP contribution in [0.3, 0.4) is 0 Å². The van der Waals surface area contributed by atoms with E-state index in [2.05, 4.69) is 17.1 Å². The monoisotopic (exact) mass is 281 g/mol. The van der Waals surface area contributed by atoms with Crippen LogP contribution in [0.15, 0.2) is 0 Å². The van der Waals surface area contributed by atoms with Gasteiger partial charge in [0.05, 0.1) is 0 Å². The molecule has 4 heteroatoms. The molecule has 1 saturated heterocycles. The third kappa shape index (κ3) is 3.53. The van der Waals surface area contributed by atoms with Crippen LogP contribution in [0.5, 0.6) is 0 Å². The predicted molar refractivity (Wildman–Crippen MR) is 82.4 cm³/mol. The Morgan fingerprint density at radius 1 is 1.30 bits per heavy atom. The third-order valence-electron chi connectivity index (χ3n) is 5.19. The first-order chi connectivity index (χ1) is 9.57. The number of carbonyl (C=O) groups excluding carboxylic acids is 1. The lowest BCUT2D eigenvalue weighted by atomic mass is 9.77. The molecule has 3 atom stereocenters. The van der Waals surface area contributed by atoms with Crippen molar-refractivity contribution < 1.29 is 4.79 Å². The maximum atomic E-state index is 11.9. The van der Waals surface area contributed by atoms with Crippen molar-refractivity contribution in [2.75, 3.05) is 19.6 Å². The van der Waals surface area contributed by atoms with E-state index in [1.807, 2.05) is 6.92 Å². The zero-order valence-electron chi connectivity index (χ0n) is 13.2. The van der Waals surface area contributed by atoms with Gasteiger partial charge in [0, 0.05) is 12.6 Å². The highest BCUT2D eigenvalue weighted by Gasteiger charge is 2.39. The molecule has 0 aromatic heterocycles. The molecule has 1 aliphatic heterocycles. The molecule has 2 fully saturated rings. The van der Waals surface area contributed by atoms with Crippen molar-refractivity contribution in [2.45, 2.75) is 70.4 Å². The SMILES string of the molecule is CCCNC(C)(CN1CCC[C@H]2CCCC[C@H]21)C(N)=O. The standard InChI is InChI=1S/C16H31N3O/c1-3-10-18-16(2,15(17)20)12-19-11-6-8-13-7-4-5-9-14(13)19/h13-14,18H,3-12H2,1-2H3,(H2,17,20)/t13-,14-,16?/m1/s1. The van der Waals surface area contributed by atoms with E-state index in [1.165, 1.54) is 38.5 Å². The number of nitrogens with zero attached hydrogens (tertiary/aromatic N) is 1. The summed E-state index contributed by atoms with van der Waals surface area (Å²) in [6, 6.07) is 0.680. The summed E-state index contributed by atoms with van der Waals surface area (Å²) in [6.07, 6.45) is 9.06. The lowest BCUT2D eigenvalue weighted by molar-refractivity contribution is -0.125. The normalized spacial score (nSPS) is 30.5. The number of piperidine rings is 1.